The molecule has 0 radical (unpaired) electrons. The number of halogens is 1. The maximum Gasteiger partial charge on any atom is 0.331 e. The van der Waals surface area contributed by atoms with Crippen molar-refractivity contribution in [1.82, 2.24) is 10.6 Å². The first-order valence-corrected chi connectivity index (χ1v) is 6.65. The Balaban J connectivity index is 2.48. The molecule has 3 amide bonds. The minimum absolute atomic E-state index is 0.369. The zero-order valence-corrected chi connectivity index (χ0v) is 12.3. The second-order valence-corrected chi connectivity index (χ2v) is 4.31. The lowest BCUT2D eigenvalue weighted by Gasteiger charge is -2.11. The monoisotopic (exact) mass is 308 g/mol. The van der Waals surface area contributed by atoms with Crippen LogP contribution >= 0.6 is 0 Å². The molecule has 1 unspecified atom stereocenters. The maximum atomic E-state index is 12.7. The number of nitrogens with one attached hydrogen (secondary N) is 2. The minimum Gasteiger partial charge on any atom is -0.449 e. The fraction of sp³-hybridized carbons (Fsp3) is 0.267. The van der Waals surface area contributed by atoms with E-state index < -0.39 is 24.0 Å². The van der Waals surface area contributed by atoms with Crippen LogP contribution in [0.1, 0.15) is 19.4 Å². The Bertz CT molecular complexity index is 569. The number of urea groups is 1. The first-order chi connectivity index (χ1) is 10.4. The largest absolute Gasteiger partial charge is 0.449 e. The van der Waals surface area contributed by atoms with Gasteiger partial charge in [-0.3, -0.25) is 10.1 Å². The van der Waals surface area contributed by atoms with Crippen molar-refractivity contribution in [3.05, 3.63) is 41.7 Å². The van der Waals surface area contributed by atoms with Gasteiger partial charge in [-0.1, -0.05) is 12.1 Å². The number of hydrogen-bond donors (Lipinski definition) is 2. The molecule has 0 saturated carbocycles. The van der Waals surface area contributed by atoms with Gasteiger partial charge in [0.25, 0.3) is 5.91 Å². The summed E-state index contributed by atoms with van der Waals surface area (Å²) in [5, 5.41) is 4.41. The van der Waals surface area contributed by atoms with Crippen LogP contribution in [0.3, 0.4) is 0 Å². The van der Waals surface area contributed by atoms with Crippen LogP contribution in [0.2, 0.25) is 0 Å². The Morgan fingerprint density at radius 3 is 2.50 bits per heavy atom. The van der Waals surface area contributed by atoms with Crippen molar-refractivity contribution < 1.29 is 23.5 Å². The van der Waals surface area contributed by atoms with Gasteiger partial charge in [-0.2, -0.15) is 0 Å². The molecule has 0 fully saturated rings. The van der Waals surface area contributed by atoms with Gasteiger partial charge in [-0.05, 0) is 37.6 Å². The fourth-order valence-electron chi connectivity index (χ4n) is 1.42. The zero-order chi connectivity index (χ0) is 16.5. The van der Waals surface area contributed by atoms with Crippen molar-refractivity contribution >= 4 is 24.0 Å². The summed E-state index contributed by atoms with van der Waals surface area (Å²) in [6.07, 6.45) is 1.42. The van der Waals surface area contributed by atoms with Crippen molar-refractivity contribution in [2.45, 2.75) is 20.0 Å². The van der Waals surface area contributed by atoms with Crippen molar-refractivity contribution in [3.63, 3.8) is 0 Å². The number of imide groups is 1. The Labute approximate surface area is 127 Å². The quantitative estimate of drug-likeness (QED) is 0.639. The molecule has 2 N–H and O–H groups in total. The molecule has 0 spiro atoms. The molecule has 0 aliphatic heterocycles. The van der Waals surface area contributed by atoms with Crippen LogP contribution in [0.4, 0.5) is 9.18 Å². The second-order valence-electron chi connectivity index (χ2n) is 4.31. The molecule has 6 nitrogen and oxygen atoms in total. The van der Waals surface area contributed by atoms with E-state index in [-0.39, 0.29) is 5.82 Å². The maximum absolute atomic E-state index is 12.7. The van der Waals surface area contributed by atoms with Gasteiger partial charge in [0.05, 0.1) is 0 Å². The molecule has 22 heavy (non-hydrogen) atoms. The summed E-state index contributed by atoms with van der Waals surface area (Å²) in [6.45, 7) is 3.42. The van der Waals surface area contributed by atoms with Gasteiger partial charge in [0.1, 0.15) is 5.82 Å². The van der Waals surface area contributed by atoms with E-state index in [1.165, 1.54) is 37.3 Å². The Kier molecular flexibility index (Phi) is 6.75. The number of carbonyl (C=O) groups excluding carboxylic acids is 3. The molecule has 1 aromatic rings. The molecular weight excluding hydrogens is 291 g/mol. The van der Waals surface area contributed by atoms with Crippen molar-refractivity contribution in [1.29, 1.82) is 0 Å². The van der Waals surface area contributed by atoms with E-state index in [1.54, 1.807) is 6.92 Å². The number of hydrogen-bond acceptors (Lipinski definition) is 4. The Morgan fingerprint density at radius 1 is 1.27 bits per heavy atom. The predicted molar refractivity (Wildman–Crippen MR) is 78.2 cm³/mol. The van der Waals surface area contributed by atoms with Gasteiger partial charge in [-0.25, -0.2) is 14.0 Å². The lowest BCUT2D eigenvalue weighted by Crippen LogP contribution is -2.44. The van der Waals surface area contributed by atoms with Crippen LogP contribution in [0.25, 0.3) is 6.08 Å². The smallest absolute Gasteiger partial charge is 0.331 e. The van der Waals surface area contributed by atoms with E-state index in [0.29, 0.717) is 12.1 Å². The number of benzene rings is 1. The number of rotatable bonds is 5. The first kappa shape index (κ1) is 17.4. The van der Waals surface area contributed by atoms with Gasteiger partial charge < -0.3 is 10.1 Å². The molecule has 0 aliphatic carbocycles. The summed E-state index contributed by atoms with van der Waals surface area (Å²) in [6, 6.07) is 4.84. The number of esters is 1. The summed E-state index contributed by atoms with van der Waals surface area (Å²) in [4.78, 5) is 34.3. The first-order valence-electron chi connectivity index (χ1n) is 6.65. The highest BCUT2D eigenvalue weighted by atomic mass is 19.1. The van der Waals surface area contributed by atoms with Crippen molar-refractivity contribution in [2.75, 3.05) is 6.54 Å². The fourth-order valence-corrected chi connectivity index (χ4v) is 1.42. The molecule has 0 aromatic heterocycles. The third kappa shape index (κ3) is 6.17. The highest BCUT2D eigenvalue weighted by molar-refractivity contribution is 5.98. The average molecular weight is 308 g/mol. The third-order valence-corrected chi connectivity index (χ3v) is 2.52. The van der Waals surface area contributed by atoms with Crippen LogP contribution in [0, 0.1) is 5.82 Å². The molecule has 0 aliphatic rings. The Hall–Kier alpha value is -2.70. The number of amides is 3. The standard InChI is InChI=1S/C15H17FN2O4/c1-3-17-15(21)18-14(20)10(2)22-13(19)9-6-11-4-7-12(16)8-5-11/h4-10H,3H2,1-2H3,(H2,17,18,20,21). The SMILES string of the molecule is CCNC(=O)NC(=O)C(C)OC(=O)C=Cc1ccc(F)cc1. The van der Waals surface area contributed by atoms with E-state index >= 15 is 0 Å². The van der Waals surface area contributed by atoms with E-state index in [0.717, 1.165) is 6.08 Å². The van der Waals surface area contributed by atoms with Crippen LogP contribution in [-0.4, -0.2) is 30.6 Å². The molecule has 1 aromatic carbocycles. The van der Waals surface area contributed by atoms with E-state index in [2.05, 4.69) is 5.32 Å². The molecule has 0 bridgehead atoms. The van der Waals surface area contributed by atoms with Crippen LogP contribution < -0.4 is 10.6 Å². The van der Waals surface area contributed by atoms with Gasteiger partial charge in [0.2, 0.25) is 0 Å². The second kappa shape index (κ2) is 8.56. The minimum atomic E-state index is -1.12. The van der Waals surface area contributed by atoms with Crippen LogP contribution in [0.15, 0.2) is 30.3 Å². The molecule has 0 saturated heterocycles. The normalized spacial score (nSPS) is 11.8. The molecular formula is C15H17FN2O4. The Morgan fingerprint density at radius 2 is 1.91 bits per heavy atom. The van der Waals surface area contributed by atoms with Gasteiger partial charge >= 0.3 is 12.0 Å². The highest BCUT2D eigenvalue weighted by Gasteiger charge is 2.18. The van der Waals surface area contributed by atoms with E-state index in [4.69, 9.17) is 4.74 Å². The summed E-state index contributed by atoms with van der Waals surface area (Å²) < 4.78 is 17.6. The van der Waals surface area contributed by atoms with Crippen molar-refractivity contribution in [2.24, 2.45) is 0 Å². The zero-order valence-electron chi connectivity index (χ0n) is 12.3. The van der Waals surface area contributed by atoms with E-state index in [1.807, 2.05) is 5.32 Å². The summed E-state index contributed by atoms with van der Waals surface area (Å²) in [7, 11) is 0. The molecule has 7 heteroatoms. The van der Waals surface area contributed by atoms with Crippen molar-refractivity contribution in [3.8, 4) is 0 Å². The average Bonchev–Trinajstić information content (AvgIpc) is 2.46. The van der Waals surface area contributed by atoms with Gasteiger partial charge in [0, 0.05) is 12.6 Å². The number of ether oxygens (including phenoxy) is 1. The van der Waals surface area contributed by atoms with Gasteiger partial charge in [-0.15, -0.1) is 0 Å². The summed E-state index contributed by atoms with van der Waals surface area (Å²) in [5.74, 6) is -1.85. The topological polar surface area (TPSA) is 84.5 Å². The summed E-state index contributed by atoms with van der Waals surface area (Å²) >= 11 is 0. The van der Waals surface area contributed by atoms with E-state index in [9.17, 15) is 18.8 Å². The van der Waals surface area contributed by atoms with Crippen LogP contribution in [-0.2, 0) is 14.3 Å². The molecule has 1 rings (SSSR count). The molecule has 0 heterocycles. The third-order valence-electron chi connectivity index (χ3n) is 2.52. The predicted octanol–water partition coefficient (Wildman–Crippen LogP) is 1.62. The summed E-state index contributed by atoms with van der Waals surface area (Å²) in [5.41, 5.74) is 0.609. The van der Waals surface area contributed by atoms with Gasteiger partial charge in [0.15, 0.2) is 6.10 Å². The highest BCUT2D eigenvalue weighted by Crippen LogP contribution is 2.05. The molecule has 1 atom stereocenters. The lowest BCUT2D eigenvalue weighted by molar-refractivity contribution is -0.149. The van der Waals surface area contributed by atoms with Crippen LogP contribution in [0.5, 0.6) is 0 Å². The lowest BCUT2D eigenvalue weighted by atomic mass is 10.2. The molecule has 118 valence electrons. The number of carbonyl (C=O) groups is 3.